The van der Waals surface area contributed by atoms with Gasteiger partial charge in [0.2, 0.25) is 0 Å². The molecule has 1 N–H and O–H groups in total. The number of aromatic carboxylic acids is 1. The van der Waals surface area contributed by atoms with E-state index in [0.717, 1.165) is 16.9 Å². The number of hydrogen-bond donors (Lipinski definition) is 1. The summed E-state index contributed by atoms with van der Waals surface area (Å²) in [5.74, 6) is -0.170. The van der Waals surface area contributed by atoms with Gasteiger partial charge in [0, 0.05) is 12.6 Å². The maximum atomic E-state index is 11.2. The van der Waals surface area contributed by atoms with Gasteiger partial charge in [0.05, 0.1) is 18.0 Å². The van der Waals surface area contributed by atoms with Crippen LogP contribution in [0.4, 0.5) is 0 Å². The monoisotopic (exact) mass is 274 g/mol. The molecule has 20 heavy (non-hydrogen) atoms. The Hall–Kier alpha value is -2.30. The van der Waals surface area contributed by atoms with Gasteiger partial charge >= 0.3 is 5.97 Å². The average molecular weight is 274 g/mol. The summed E-state index contributed by atoms with van der Waals surface area (Å²) in [5, 5.41) is 13.2. The molecule has 5 nitrogen and oxygen atoms in total. The molecule has 0 bridgehead atoms. The van der Waals surface area contributed by atoms with Crippen LogP contribution < -0.4 is 4.74 Å². The molecule has 0 atom stereocenters. The lowest BCUT2D eigenvalue weighted by Gasteiger charge is -2.13. The quantitative estimate of drug-likeness (QED) is 0.931. The van der Waals surface area contributed by atoms with Crippen LogP contribution in [0.25, 0.3) is 11.3 Å². The van der Waals surface area contributed by atoms with Gasteiger partial charge in [-0.2, -0.15) is 5.10 Å². The minimum atomic E-state index is -0.978. The van der Waals surface area contributed by atoms with E-state index in [2.05, 4.69) is 5.10 Å². The van der Waals surface area contributed by atoms with Crippen LogP contribution in [0.15, 0.2) is 24.4 Å². The van der Waals surface area contributed by atoms with Crippen LogP contribution >= 0.6 is 0 Å². The Morgan fingerprint density at radius 3 is 2.65 bits per heavy atom. The van der Waals surface area contributed by atoms with Crippen LogP contribution in [-0.2, 0) is 7.05 Å². The molecule has 106 valence electrons. The number of hydrogen-bond acceptors (Lipinski definition) is 3. The number of ether oxygens (including phenoxy) is 1. The van der Waals surface area contributed by atoms with E-state index < -0.39 is 5.97 Å². The predicted molar refractivity (Wildman–Crippen MR) is 76.1 cm³/mol. The van der Waals surface area contributed by atoms with Crippen LogP contribution in [0.1, 0.15) is 29.8 Å². The van der Waals surface area contributed by atoms with Gasteiger partial charge in [-0.15, -0.1) is 0 Å². The third-order valence-electron chi connectivity index (χ3n) is 2.98. The second-order valence-corrected chi connectivity index (χ2v) is 4.98. The van der Waals surface area contributed by atoms with Gasteiger partial charge < -0.3 is 9.84 Å². The van der Waals surface area contributed by atoms with Gasteiger partial charge in [-0.25, -0.2) is 4.79 Å². The lowest BCUT2D eigenvalue weighted by molar-refractivity contribution is 0.0697. The first kappa shape index (κ1) is 14.1. The topological polar surface area (TPSA) is 64.3 Å². The molecule has 0 saturated heterocycles. The summed E-state index contributed by atoms with van der Waals surface area (Å²) in [6, 6.07) is 5.64. The van der Waals surface area contributed by atoms with Gasteiger partial charge in [-0.3, -0.25) is 4.68 Å². The highest BCUT2D eigenvalue weighted by Crippen LogP contribution is 2.28. The highest BCUT2D eigenvalue weighted by atomic mass is 16.5. The summed E-state index contributed by atoms with van der Waals surface area (Å²) in [7, 11) is 1.73. The van der Waals surface area contributed by atoms with Crippen LogP contribution in [0, 0.1) is 6.92 Å². The molecule has 0 aliphatic rings. The second-order valence-electron chi connectivity index (χ2n) is 4.98. The minimum absolute atomic E-state index is 0.103. The van der Waals surface area contributed by atoms with Crippen molar-refractivity contribution in [3.63, 3.8) is 0 Å². The highest BCUT2D eigenvalue weighted by Gasteiger charge is 2.17. The molecule has 1 heterocycles. The van der Waals surface area contributed by atoms with Gasteiger partial charge in [0.15, 0.2) is 0 Å². The summed E-state index contributed by atoms with van der Waals surface area (Å²) in [6.07, 6.45) is 1.47. The van der Waals surface area contributed by atoms with Gasteiger partial charge in [-0.1, -0.05) is 0 Å². The molecular formula is C15H18N2O3. The first-order valence-corrected chi connectivity index (χ1v) is 6.43. The molecule has 0 amide bonds. The van der Waals surface area contributed by atoms with Crippen molar-refractivity contribution in [2.75, 3.05) is 0 Å². The van der Waals surface area contributed by atoms with Crippen molar-refractivity contribution in [2.45, 2.75) is 26.9 Å². The van der Waals surface area contributed by atoms with E-state index in [1.54, 1.807) is 11.7 Å². The largest absolute Gasteiger partial charge is 0.491 e. The van der Waals surface area contributed by atoms with Crippen molar-refractivity contribution >= 4 is 5.97 Å². The lowest BCUT2D eigenvalue weighted by Crippen LogP contribution is -2.07. The van der Waals surface area contributed by atoms with Crippen molar-refractivity contribution in [2.24, 2.45) is 7.05 Å². The zero-order valence-corrected chi connectivity index (χ0v) is 12.0. The fourth-order valence-electron chi connectivity index (χ4n) is 2.12. The van der Waals surface area contributed by atoms with E-state index in [9.17, 15) is 9.90 Å². The van der Waals surface area contributed by atoms with E-state index in [0.29, 0.717) is 5.69 Å². The number of benzene rings is 1. The van der Waals surface area contributed by atoms with Gasteiger partial charge in [0.1, 0.15) is 11.3 Å². The maximum Gasteiger partial charge on any atom is 0.339 e. The minimum Gasteiger partial charge on any atom is -0.491 e. The number of aryl methyl sites for hydroxylation is 2. The Morgan fingerprint density at radius 1 is 1.40 bits per heavy atom. The Morgan fingerprint density at radius 2 is 2.10 bits per heavy atom. The molecule has 5 heteroatoms. The van der Waals surface area contributed by atoms with Crippen molar-refractivity contribution in [1.82, 2.24) is 9.78 Å². The number of rotatable bonds is 4. The first-order valence-electron chi connectivity index (χ1n) is 6.43. The Bertz CT molecular complexity index is 645. The molecule has 0 fully saturated rings. The second kappa shape index (κ2) is 5.36. The molecular weight excluding hydrogens is 256 g/mol. The van der Waals surface area contributed by atoms with E-state index in [1.165, 1.54) is 6.20 Å². The van der Waals surface area contributed by atoms with E-state index in [1.807, 2.05) is 39.0 Å². The SMILES string of the molecule is Cc1cc(-c2c(C(=O)O)cnn2C)ccc1OC(C)C. The molecule has 0 saturated carbocycles. The molecule has 2 rings (SSSR count). The van der Waals surface area contributed by atoms with Crippen molar-refractivity contribution in [3.8, 4) is 17.0 Å². The summed E-state index contributed by atoms with van der Waals surface area (Å²) < 4.78 is 7.26. The summed E-state index contributed by atoms with van der Waals surface area (Å²) in [5.41, 5.74) is 2.57. The van der Waals surface area contributed by atoms with Crippen molar-refractivity contribution in [1.29, 1.82) is 0 Å². The third kappa shape index (κ3) is 2.66. The fourth-order valence-corrected chi connectivity index (χ4v) is 2.12. The Kier molecular flexibility index (Phi) is 3.79. The molecule has 0 radical (unpaired) electrons. The van der Waals surface area contributed by atoms with Crippen LogP contribution in [0.5, 0.6) is 5.75 Å². The molecule has 0 spiro atoms. The average Bonchev–Trinajstić information content (AvgIpc) is 2.73. The fraction of sp³-hybridized carbons (Fsp3) is 0.333. The maximum absolute atomic E-state index is 11.2. The summed E-state index contributed by atoms with van der Waals surface area (Å²) in [6.45, 7) is 5.88. The molecule has 1 aromatic heterocycles. The zero-order chi connectivity index (χ0) is 14.9. The number of carboxylic acid groups (broad SMARTS) is 1. The standard InChI is InChI=1S/C15H18N2O3/c1-9(2)20-13-6-5-11(7-10(13)3)14-12(15(18)19)8-16-17(14)4/h5-9H,1-4H3,(H,18,19). The van der Waals surface area contributed by atoms with E-state index >= 15 is 0 Å². The van der Waals surface area contributed by atoms with Crippen LogP contribution in [-0.4, -0.2) is 27.0 Å². The van der Waals surface area contributed by atoms with Crippen molar-refractivity contribution < 1.29 is 14.6 Å². The smallest absolute Gasteiger partial charge is 0.339 e. The summed E-state index contributed by atoms with van der Waals surface area (Å²) >= 11 is 0. The zero-order valence-electron chi connectivity index (χ0n) is 12.0. The number of aromatic nitrogens is 2. The normalized spacial score (nSPS) is 10.8. The Labute approximate surface area is 117 Å². The molecule has 2 aromatic rings. The number of nitrogens with zero attached hydrogens (tertiary/aromatic N) is 2. The number of carboxylic acids is 1. The van der Waals surface area contributed by atoms with Crippen LogP contribution in [0.2, 0.25) is 0 Å². The van der Waals surface area contributed by atoms with E-state index in [-0.39, 0.29) is 11.7 Å². The van der Waals surface area contributed by atoms with Gasteiger partial charge in [0.25, 0.3) is 0 Å². The van der Waals surface area contributed by atoms with Gasteiger partial charge in [-0.05, 0) is 44.5 Å². The first-order chi connectivity index (χ1) is 9.40. The Balaban J connectivity index is 2.47. The lowest BCUT2D eigenvalue weighted by atomic mass is 10.0. The molecule has 1 aromatic carbocycles. The highest BCUT2D eigenvalue weighted by molar-refractivity contribution is 5.94. The summed E-state index contributed by atoms with van der Waals surface area (Å²) in [4.78, 5) is 11.2. The predicted octanol–water partition coefficient (Wildman–Crippen LogP) is 2.88. The van der Waals surface area contributed by atoms with Crippen LogP contribution in [0.3, 0.4) is 0 Å². The molecule has 0 unspecified atom stereocenters. The molecule has 0 aliphatic carbocycles. The van der Waals surface area contributed by atoms with E-state index in [4.69, 9.17) is 4.74 Å². The molecule has 0 aliphatic heterocycles. The third-order valence-corrected chi connectivity index (χ3v) is 2.98. The van der Waals surface area contributed by atoms with Crippen molar-refractivity contribution in [3.05, 3.63) is 35.5 Å². The number of carbonyl (C=O) groups is 1.